The van der Waals surface area contributed by atoms with E-state index < -0.39 is 0 Å². The van der Waals surface area contributed by atoms with Crippen molar-refractivity contribution in [3.8, 4) is 11.3 Å². The van der Waals surface area contributed by atoms with Crippen molar-refractivity contribution >= 4 is 17.6 Å². The van der Waals surface area contributed by atoms with Gasteiger partial charge < -0.3 is 10.1 Å². The van der Waals surface area contributed by atoms with Crippen LogP contribution in [0.25, 0.3) is 11.3 Å². The van der Waals surface area contributed by atoms with Gasteiger partial charge in [-0.1, -0.05) is 12.1 Å². The van der Waals surface area contributed by atoms with Crippen LogP contribution in [0.2, 0.25) is 0 Å². The van der Waals surface area contributed by atoms with Gasteiger partial charge in [0.25, 0.3) is 0 Å². The van der Waals surface area contributed by atoms with E-state index in [0.29, 0.717) is 18.1 Å². The van der Waals surface area contributed by atoms with Crippen LogP contribution in [0.5, 0.6) is 0 Å². The van der Waals surface area contributed by atoms with Crippen LogP contribution in [0, 0.1) is 6.92 Å². The van der Waals surface area contributed by atoms with Crippen LogP contribution in [-0.4, -0.2) is 32.7 Å². The maximum atomic E-state index is 11.7. The normalized spacial score (nSPS) is 10.4. The van der Waals surface area contributed by atoms with Crippen molar-refractivity contribution in [2.45, 2.75) is 13.8 Å². The summed E-state index contributed by atoms with van der Waals surface area (Å²) in [5.74, 6) is 0.150. The second kappa shape index (κ2) is 6.91. The monoisotopic (exact) mass is 323 g/mol. The Morgan fingerprint density at radius 2 is 2.04 bits per heavy atom. The highest BCUT2D eigenvalue weighted by Gasteiger charge is 2.10. The number of nitrogens with one attached hydrogen (secondary N) is 2. The Labute approximate surface area is 139 Å². The number of anilines is 2. The van der Waals surface area contributed by atoms with Gasteiger partial charge in [-0.25, -0.2) is 14.8 Å². The van der Waals surface area contributed by atoms with Crippen LogP contribution < -0.4 is 5.32 Å². The van der Waals surface area contributed by atoms with E-state index in [4.69, 9.17) is 4.74 Å². The van der Waals surface area contributed by atoms with Crippen molar-refractivity contribution in [2.24, 2.45) is 0 Å². The molecule has 7 heteroatoms. The quantitative estimate of drug-likeness (QED) is 0.701. The molecule has 0 radical (unpaired) electrons. The minimum absolute atomic E-state index is 0.328. The van der Waals surface area contributed by atoms with Crippen molar-refractivity contribution in [3.05, 3.63) is 54.0 Å². The lowest BCUT2D eigenvalue weighted by Crippen LogP contribution is -2.04. The molecule has 7 nitrogen and oxygen atoms in total. The maximum absolute atomic E-state index is 11.7. The summed E-state index contributed by atoms with van der Waals surface area (Å²) >= 11 is 0. The first kappa shape index (κ1) is 15.7. The van der Waals surface area contributed by atoms with Crippen LogP contribution in [0.3, 0.4) is 0 Å². The lowest BCUT2D eigenvalue weighted by Gasteiger charge is -2.09. The molecule has 0 saturated carbocycles. The van der Waals surface area contributed by atoms with Gasteiger partial charge in [0.1, 0.15) is 0 Å². The molecule has 2 N–H and O–H groups in total. The van der Waals surface area contributed by atoms with E-state index in [1.165, 1.54) is 0 Å². The van der Waals surface area contributed by atoms with E-state index >= 15 is 0 Å². The fourth-order valence-electron chi connectivity index (χ4n) is 2.22. The second-order valence-corrected chi connectivity index (χ2v) is 5.14. The highest BCUT2D eigenvalue weighted by Crippen LogP contribution is 2.23. The number of nitrogens with zero attached hydrogens (tertiary/aromatic N) is 3. The highest BCUT2D eigenvalue weighted by molar-refractivity contribution is 5.90. The molecule has 3 rings (SSSR count). The van der Waals surface area contributed by atoms with Crippen LogP contribution in [-0.2, 0) is 4.74 Å². The van der Waals surface area contributed by atoms with Crippen LogP contribution in [0.4, 0.5) is 11.6 Å². The number of carbonyl (C=O) groups is 1. The van der Waals surface area contributed by atoms with Gasteiger partial charge in [-0.2, -0.15) is 5.10 Å². The summed E-state index contributed by atoms with van der Waals surface area (Å²) in [6.45, 7) is 4.08. The molecule has 0 saturated heterocycles. The number of rotatable bonds is 5. The predicted octanol–water partition coefficient (Wildman–Crippen LogP) is 3.10. The summed E-state index contributed by atoms with van der Waals surface area (Å²) in [5.41, 5.74) is 3.94. The number of aryl methyl sites for hydroxylation is 1. The average molecular weight is 323 g/mol. The van der Waals surface area contributed by atoms with Gasteiger partial charge >= 0.3 is 5.97 Å². The van der Waals surface area contributed by atoms with Gasteiger partial charge in [0, 0.05) is 18.0 Å². The average Bonchev–Trinajstić information content (AvgIpc) is 3.10. The number of ether oxygens (including phenoxy) is 1. The van der Waals surface area contributed by atoms with E-state index in [0.717, 1.165) is 22.5 Å². The molecule has 122 valence electrons. The Hall–Kier alpha value is -3.22. The molecule has 0 aliphatic rings. The summed E-state index contributed by atoms with van der Waals surface area (Å²) in [5, 5.41) is 9.67. The first-order valence-corrected chi connectivity index (χ1v) is 7.54. The lowest BCUT2D eigenvalue weighted by atomic mass is 10.1. The summed E-state index contributed by atoms with van der Waals surface area (Å²) in [6.07, 6.45) is 5.12. The maximum Gasteiger partial charge on any atom is 0.338 e. The third kappa shape index (κ3) is 3.40. The molecule has 0 fully saturated rings. The number of esters is 1. The molecule has 2 aromatic heterocycles. The van der Waals surface area contributed by atoms with Crippen molar-refractivity contribution in [2.75, 3.05) is 11.9 Å². The molecular weight excluding hydrogens is 306 g/mol. The van der Waals surface area contributed by atoms with Crippen LogP contribution in [0.15, 0.2) is 42.9 Å². The molecule has 0 bridgehead atoms. The molecule has 0 atom stereocenters. The SMILES string of the molecule is CCOC(=O)c1ccc(-c2nc(Nc3cn[nH]c3)ncc2C)cc1. The summed E-state index contributed by atoms with van der Waals surface area (Å²) < 4.78 is 4.99. The van der Waals surface area contributed by atoms with Crippen LogP contribution in [0.1, 0.15) is 22.8 Å². The van der Waals surface area contributed by atoms with Gasteiger partial charge in [0.05, 0.1) is 29.7 Å². The zero-order valence-electron chi connectivity index (χ0n) is 13.4. The predicted molar refractivity (Wildman–Crippen MR) is 90.0 cm³/mol. The molecule has 0 spiro atoms. The molecule has 3 aromatic rings. The Kier molecular flexibility index (Phi) is 4.51. The summed E-state index contributed by atoms with van der Waals surface area (Å²) in [7, 11) is 0. The van der Waals surface area contributed by atoms with Crippen molar-refractivity contribution in [3.63, 3.8) is 0 Å². The third-order valence-corrected chi connectivity index (χ3v) is 3.40. The Bertz CT molecular complexity index is 829. The van der Waals surface area contributed by atoms with Gasteiger partial charge in [-0.15, -0.1) is 0 Å². The fourth-order valence-corrected chi connectivity index (χ4v) is 2.22. The Balaban J connectivity index is 1.86. The van der Waals surface area contributed by atoms with Crippen molar-refractivity contribution in [1.82, 2.24) is 20.2 Å². The molecule has 0 aliphatic heterocycles. The van der Waals surface area contributed by atoms with Gasteiger partial charge in [0.2, 0.25) is 5.95 Å². The smallest absolute Gasteiger partial charge is 0.338 e. The van der Waals surface area contributed by atoms with Gasteiger partial charge in [-0.05, 0) is 31.5 Å². The lowest BCUT2D eigenvalue weighted by molar-refractivity contribution is 0.0526. The van der Waals surface area contributed by atoms with E-state index in [1.807, 2.05) is 19.1 Å². The first-order valence-electron chi connectivity index (χ1n) is 7.54. The van der Waals surface area contributed by atoms with Crippen molar-refractivity contribution < 1.29 is 9.53 Å². The number of hydrogen-bond acceptors (Lipinski definition) is 6. The third-order valence-electron chi connectivity index (χ3n) is 3.40. The van der Waals surface area contributed by atoms with E-state index in [9.17, 15) is 4.79 Å². The molecule has 0 amide bonds. The van der Waals surface area contributed by atoms with E-state index in [1.54, 1.807) is 37.6 Å². The molecular formula is C17H17N5O2. The number of aromatic nitrogens is 4. The van der Waals surface area contributed by atoms with Crippen LogP contribution >= 0.6 is 0 Å². The largest absolute Gasteiger partial charge is 0.462 e. The zero-order valence-corrected chi connectivity index (χ0v) is 13.4. The number of benzene rings is 1. The molecule has 1 aromatic carbocycles. The molecule has 0 aliphatic carbocycles. The van der Waals surface area contributed by atoms with Crippen molar-refractivity contribution in [1.29, 1.82) is 0 Å². The standard InChI is InChI=1S/C17H17N5O2/c1-3-24-16(23)13-6-4-12(5-7-13)15-11(2)8-18-17(22-15)21-14-9-19-20-10-14/h4-10H,3H2,1-2H3,(H,19,20)(H,18,21,22). The number of hydrogen-bond donors (Lipinski definition) is 2. The first-order chi connectivity index (χ1) is 11.7. The van der Waals surface area contributed by atoms with Gasteiger partial charge in [0.15, 0.2) is 0 Å². The topological polar surface area (TPSA) is 92.8 Å². The fraction of sp³-hybridized carbons (Fsp3) is 0.176. The van der Waals surface area contributed by atoms with Gasteiger partial charge in [-0.3, -0.25) is 5.10 Å². The highest BCUT2D eigenvalue weighted by atomic mass is 16.5. The summed E-state index contributed by atoms with van der Waals surface area (Å²) in [4.78, 5) is 20.5. The zero-order chi connectivity index (χ0) is 16.9. The Morgan fingerprint density at radius 1 is 1.25 bits per heavy atom. The number of carbonyl (C=O) groups excluding carboxylic acids is 1. The molecule has 0 unspecified atom stereocenters. The number of aromatic amines is 1. The minimum Gasteiger partial charge on any atom is -0.462 e. The second-order valence-electron chi connectivity index (χ2n) is 5.14. The molecule has 2 heterocycles. The molecule has 24 heavy (non-hydrogen) atoms. The minimum atomic E-state index is -0.328. The Morgan fingerprint density at radius 3 is 2.71 bits per heavy atom. The number of H-pyrrole nitrogens is 1. The van der Waals surface area contributed by atoms with E-state index in [-0.39, 0.29) is 5.97 Å². The van der Waals surface area contributed by atoms with E-state index in [2.05, 4.69) is 25.5 Å². The summed E-state index contributed by atoms with van der Waals surface area (Å²) in [6, 6.07) is 7.17.